The molecular weight excluding hydrogens is 336 g/mol. The predicted octanol–water partition coefficient (Wildman–Crippen LogP) is 1.25. The Kier molecular flexibility index (Phi) is 4.61. The number of thiazole rings is 1. The Morgan fingerprint density at radius 1 is 1.52 bits per heavy atom. The van der Waals surface area contributed by atoms with E-state index in [1.165, 1.54) is 11.3 Å². The molecule has 0 unspecified atom stereocenters. The summed E-state index contributed by atoms with van der Waals surface area (Å²) < 4.78 is 3.65. The van der Waals surface area contributed by atoms with Crippen molar-refractivity contribution in [2.75, 3.05) is 13.1 Å². The molecule has 0 saturated heterocycles. The molecule has 0 aromatic carbocycles. The fraction of sp³-hybridized carbons (Fsp3) is 0.267. The van der Waals surface area contributed by atoms with Gasteiger partial charge in [-0.05, 0) is 12.6 Å². The van der Waals surface area contributed by atoms with Gasteiger partial charge in [-0.1, -0.05) is 24.6 Å². The summed E-state index contributed by atoms with van der Waals surface area (Å²) in [5.74, 6) is -0.525. The van der Waals surface area contributed by atoms with Gasteiger partial charge in [0.15, 0.2) is 4.47 Å². The molecule has 0 atom stereocenters. The van der Waals surface area contributed by atoms with E-state index in [1.807, 2.05) is 19.1 Å². The first-order chi connectivity index (χ1) is 11.1. The second-order valence-electron chi connectivity index (χ2n) is 4.95. The van der Waals surface area contributed by atoms with Crippen LogP contribution in [0.15, 0.2) is 30.6 Å². The lowest BCUT2D eigenvalue weighted by Gasteiger charge is -2.05. The lowest BCUT2D eigenvalue weighted by atomic mass is 10.3. The number of likely N-dealkylation sites (N-methyl/N-ethyl adjacent to an activating group) is 1. The molecule has 8 heteroatoms. The number of nitrogens with one attached hydrogen (secondary N) is 1. The van der Waals surface area contributed by atoms with Crippen molar-refractivity contribution in [3.8, 4) is 5.88 Å². The van der Waals surface area contributed by atoms with Gasteiger partial charge in [0.25, 0.3) is 5.65 Å². The van der Waals surface area contributed by atoms with Gasteiger partial charge in [-0.2, -0.15) is 4.40 Å². The van der Waals surface area contributed by atoms with Crippen molar-refractivity contribution in [1.82, 2.24) is 14.9 Å². The molecule has 0 amide bonds. The van der Waals surface area contributed by atoms with Crippen molar-refractivity contribution in [3.05, 3.63) is 45.6 Å². The van der Waals surface area contributed by atoms with Crippen LogP contribution in [-0.2, 0) is 6.54 Å². The number of hydrogen-bond acceptors (Lipinski definition) is 5. The van der Waals surface area contributed by atoms with E-state index in [0.29, 0.717) is 23.2 Å². The Labute approximate surface area is 142 Å². The van der Waals surface area contributed by atoms with Crippen LogP contribution in [0.3, 0.4) is 0 Å². The highest BCUT2D eigenvalue weighted by molar-refractivity contribution is 7.15. The third-order valence-electron chi connectivity index (χ3n) is 3.44. The van der Waals surface area contributed by atoms with Crippen LogP contribution in [0.1, 0.15) is 22.3 Å². The standard InChI is InChI=1S/C15H15ClN4O2S/c1-2-17-8-11(21)13-14(22)20(9-10-7-18-15(16)23-10)12-5-3-4-6-19(12)13/h3-7,17H,2,8-9H2,1H3. The topological polar surface area (TPSA) is 74.1 Å². The molecule has 3 aromatic rings. The average Bonchev–Trinajstić information content (AvgIpc) is 3.07. The first kappa shape index (κ1) is 15.9. The molecule has 0 aliphatic carbocycles. The summed E-state index contributed by atoms with van der Waals surface area (Å²) in [5.41, 5.74) is 0.832. The first-order valence-electron chi connectivity index (χ1n) is 7.15. The number of imidazole rings is 1. The minimum Gasteiger partial charge on any atom is -0.839 e. The van der Waals surface area contributed by atoms with E-state index in [4.69, 9.17) is 11.6 Å². The van der Waals surface area contributed by atoms with Gasteiger partial charge in [-0.25, -0.2) is 9.55 Å². The Morgan fingerprint density at radius 2 is 2.35 bits per heavy atom. The van der Waals surface area contributed by atoms with E-state index in [1.54, 1.807) is 27.4 Å². The molecular formula is C15H15ClN4O2S. The Morgan fingerprint density at radius 3 is 3.04 bits per heavy atom. The third kappa shape index (κ3) is 3.08. The summed E-state index contributed by atoms with van der Waals surface area (Å²) in [6, 6.07) is 5.45. The van der Waals surface area contributed by atoms with Crippen LogP contribution in [0.25, 0.3) is 5.65 Å². The number of Topliss-reactive ketones (excluding diaryl/α,β-unsaturated/α-hetero) is 1. The second kappa shape index (κ2) is 6.66. The van der Waals surface area contributed by atoms with Crippen LogP contribution in [0.4, 0.5) is 0 Å². The molecule has 6 nitrogen and oxygen atoms in total. The Bertz CT molecular complexity index is 858. The SMILES string of the molecule is CCNCC(=O)c1c([O-])n(Cc2cnc(Cl)s2)c2cccc[n+]12. The Balaban J connectivity index is 2.07. The van der Waals surface area contributed by atoms with Crippen LogP contribution < -0.4 is 14.8 Å². The van der Waals surface area contributed by atoms with Gasteiger partial charge in [0.1, 0.15) is 12.4 Å². The molecule has 120 valence electrons. The molecule has 0 aliphatic heterocycles. The van der Waals surface area contributed by atoms with Crippen LogP contribution in [0, 0.1) is 0 Å². The van der Waals surface area contributed by atoms with E-state index in [0.717, 1.165) is 4.88 Å². The van der Waals surface area contributed by atoms with Crippen LogP contribution in [0.5, 0.6) is 5.88 Å². The second-order valence-corrected chi connectivity index (χ2v) is 6.65. The van der Waals surface area contributed by atoms with Crippen LogP contribution in [0.2, 0.25) is 4.47 Å². The number of hydrogen-bond donors (Lipinski definition) is 1. The van der Waals surface area contributed by atoms with E-state index < -0.39 is 0 Å². The normalized spacial score (nSPS) is 11.2. The maximum atomic E-state index is 12.7. The van der Waals surface area contributed by atoms with Crippen molar-refractivity contribution in [2.24, 2.45) is 0 Å². The van der Waals surface area contributed by atoms with Gasteiger partial charge in [0, 0.05) is 12.3 Å². The number of fused-ring (bicyclic) bond motifs is 1. The highest BCUT2D eigenvalue weighted by atomic mass is 35.5. The third-order valence-corrected chi connectivity index (χ3v) is 4.54. The fourth-order valence-electron chi connectivity index (χ4n) is 2.42. The average molecular weight is 351 g/mol. The summed E-state index contributed by atoms with van der Waals surface area (Å²) in [5, 5.41) is 15.7. The number of aromatic nitrogens is 3. The van der Waals surface area contributed by atoms with Gasteiger partial charge >= 0.3 is 0 Å². The summed E-state index contributed by atoms with van der Waals surface area (Å²) in [6.07, 6.45) is 3.37. The summed E-state index contributed by atoms with van der Waals surface area (Å²) in [4.78, 5) is 17.2. The van der Waals surface area contributed by atoms with Gasteiger partial charge in [0.2, 0.25) is 11.5 Å². The zero-order valence-electron chi connectivity index (χ0n) is 12.5. The van der Waals surface area contributed by atoms with Gasteiger partial charge in [-0.15, -0.1) is 11.3 Å². The van der Waals surface area contributed by atoms with E-state index in [2.05, 4.69) is 10.3 Å². The number of nitrogens with zero attached hydrogens (tertiary/aromatic N) is 3. The molecule has 0 saturated carbocycles. The van der Waals surface area contributed by atoms with Crippen molar-refractivity contribution in [1.29, 1.82) is 0 Å². The molecule has 3 heterocycles. The maximum absolute atomic E-state index is 12.7. The zero-order chi connectivity index (χ0) is 16.4. The minimum absolute atomic E-state index is 0.138. The molecule has 23 heavy (non-hydrogen) atoms. The predicted molar refractivity (Wildman–Crippen MR) is 86.1 cm³/mol. The van der Waals surface area contributed by atoms with Crippen molar-refractivity contribution in [2.45, 2.75) is 13.5 Å². The lowest BCUT2D eigenvalue weighted by molar-refractivity contribution is -0.516. The zero-order valence-corrected chi connectivity index (χ0v) is 14.0. The number of carbonyl (C=O) groups is 1. The molecule has 0 aliphatic rings. The number of rotatable bonds is 6. The molecule has 1 N–H and O–H groups in total. The monoisotopic (exact) mass is 350 g/mol. The van der Waals surface area contributed by atoms with Crippen LogP contribution >= 0.6 is 22.9 Å². The molecule has 0 spiro atoms. The smallest absolute Gasteiger partial charge is 0.286 e. The van der Waals surface area contributed by atoms with Crippen molar-refractivity contribution >= 4 is 34.4 Å². The highest BCUT2D eigenvalue weighted by Crippen LogP contribution is 2.23. The van der Waals surface area contributed by atoms with E-state index in [9.17, 15) is 9.90 Å². The van der Waals surface area contributed by atoms with Crippen molar-refractivity contribution in [3.63, 3.8) is 0 Å². The summed E-state index contributed by atoms with van der Waals surface area (Å²) >= 11 is 7.17. The largest absolute Gasteiger partial charge is 0.839 e. The molecule has 3 aromatic heterocycles. The highest BCUT2D eigenvalue weighted by Gasteiger charge is 2.25. The number of halogens is 1. The van der Waals surface area contributed by atoms with Gasteiger partial charge in [-0.3, -0.25) is 4.79 Å². The summed E-state index contributed by atoms with van der Waals surface area (Å²) in [6.45, 7) is 3.06. The minimum atomic E-state index is -0.302. The van der Waals surface area contributed by atoms with E-state index in [-0.39, 0.29) is 23.9 Å². The Hall–Kier alpha value is -1.96. The van der Waals surface area contributed by atoms with Gasteiger partial charge in [0.05, 0.1) is 17.6 Å². The molecule has 0 radical (unpaired) electrons. The van der Waals surface area contributed by atoms with Crippen molar-refractivity contribution < 1.29 is 14.3 Å². The maximum Gasteiger partial charge on any atom is 0.286 e. The lowest BCUT2D eigenvalue weighted by Crippen LogP contribution is -2.33. The van der Waals surface area contributed by atoms with Crippen LogP contribution in [-0.4, -0.2) is 28.4 Å². The van der Waals surface area contributed by atoms with E-state index >= 15 is 0 Å². The molecule has 0 fully saturated rings. The first-order valence-corrected chi connectivity index (χ1v) is 8.35. The summed E-state index contributed by atoms with van der Waals surface area (Å²) in [7, 11) is 0. The number of pyridine rings is 1. The van der Waals surface area contributed by atoms with Gasteiger partial charge < -0.3 is 10.4 Å². The molecule has 3 rings (SSSR count). The quantitative estimate of drug-likeness (QED) is 0.536. The molecule has 0 bridgehead atoms. The fourth-order valence-corrected chi connectivity index (χ4v) is 3.39. The number of carbonyl (C=O) groups excluding carboxylic acids is 1. The number of ketones is 1.